The highest BCUT2D eigenvalue weighted by Gasteiger charge is 2.16. The number of fused-ring (bicyclic) bond motifs is 1. The highest BCUT2D eigenvalue weighted by molar-refractivity contribution is 6.30. The van der Waals surface area contributed by atoms with Crippen molar-refractivity contribution in [1.29, 1.82) is 0 Å². The first-order valence-corrected chi connectivity index (χ1v) is 7.61. The number of benzene rings is 2. The van der Waals surface area contributed by atoms with Crippen LogP contribution < -0.4 is 5.32 Å². The second-order valence-electron chi connectivity index (χ2n) is 5.28. The molecule has 6 heteroatoms. The molecule has 0 saturated heterocycles. The number of nitrogens with one attached hydrogen (secondary N) is 1. The van der Waals surface area contributed by atoms with Crippen LogP contribution in [0.1, 0.15) is 18.9 Å². The first-order chi connectivity index (χ1) is 11.0. The van der Waals surface area contributed by atoms with Crippen LogP contribution in [0.4, 0.5) is 5.69 Å². The molecule has 0 spiro atoms. The van der Waals surface area contributed by atoms with Gasteiger partial charge in [0.05, 0.1) is 11.0 Å². The summed E-state index contributed by atoms with van der Waals surface area (Å²) in [6.07, 6.45) is -0.763. The summed E-state index contributed by atoms with van der Waals surface area (Å²) in [6.45, 7) is 1.69. The maximum absolute atomic E-state index is 12.3. The first kappa shape index (κ1) is 15.5. The van der Waals surface area contributed by atoms with Crippen molar-refractivity contribution in [2.24, 2.45) is 0 Å². The normalized spacial score (nSPS) is 12.3. The van der Waals surface area contributed by atoms with E-state index < -0.39 is 6.10 Å². The number of halogens is 1. The summed E-state index contributed by atoms with van der Waals surface area (Å²) in [5, 5.41) is 13.3. The summed E-state index contributed by atoms with van der Waals surface area (Å²) in [7, 11) is 0. The van der Waals surface area contributed by atoms with Crippen molar-refractivity contribution in [2.75, 3.05) is 5.32 Å². The van der Waals surface area contributed by atoms with Crippen molar-refractivity contribution in [3.8, 4) is 0 Å². The van der Waals surface area contributed by atoms with E-state index in [0.29, 0.717) is 16.5 Å². The molecule has 0 radical (unpaired) electrons. The molecule has 23 heavy (non-hydrogen) atoms. The molecule has 0 aliphatic carbocycles. The summed E-state index contributed by atoms with van der Waals surface area (Å²) in [6, 6.07) is 14.4. The third-order valence-electron chi connectivity index (χ3n) is 3.47. The Balaban J connectivity index is 1.88. The Bertz CT molecular complexity index is 858. The standard InChI is InChI=1S/C17H16ClN3O2/c1-11(22)17-20-14-7-2-3-8-15(14)21(17)10-16(23)19-13-6-4-5-12(18)9-13/h2-9,11,22H,10H2,1H3,(H,19,23). The van der Waals surface area contributed by atoms with Gasteiger partial charge in [0.25, 0.3) is 0 Å². The average Bonchev–Trinajstić information content (AvgIpc) is 2.86. The van der Waals surface area contributed by atoms with Gasteiger partial charge in [0.1, 0.15) is 18.5 Å². The summed E-state index contributed by atoms with van der Waals surface area (Å²) < 4.78 is 1.72. The van der Waals surface area contributed by atoms with Crippen LogP contribution in [0, 0.1) is 0 Å². The maximum atomic E-state index is 12.3. The van der Waals surface area contributed by atoms with Crippen LogP contribution in [-0.4, -0.2) is 20.6 Å². The Morgan fingerprint density at radius 2 is 2.09 bits per heavy atom. The number of amides is 1. The molecule has 1 heterocycles. The van der Waals surface area contributed by atoms with Crippen molar-refractivity contribution in [2.45, 2.75) is 19.6 Å². The van der Waals surface area contributed by atoms with E-state index in [1.807, 2.05) is 24.3 Å². The number of aliphatic hydroxyl groups excluding tert-OH is 1. The van der Waals surface area contributed by atoms with Gasteiger partial charge in [0.2, 0.25) is 5.91 Å². The fraction of sp³-hybridized carbons (Fsp3) is 0.176. The van der Waals surface area contributed by atoms with Gasteiger partial charge in [0, 0.05) is 10.7 Å². The van der Waals surface area contributed by atoms with Gasteiger partial charge in [-0.25, -0.2) is 4.98 Å². The number of imidazole rings is 1. The molecule has 0 fully saturated rings. The second kappa shape index (κ2) is 6.40. The van der Waals surface area contributed by atoms with Crippen molar-refractivity contribution in [1.82, 2.24) is 9.55 Å². The predicted molar refractivity (Wildman–Crippen MR) is 90.4 cm³/mol. The molecule has 0 aliphatic heterocycles. The third kappa shape index (κ3) is 3.36. The van der Waals surface area contributed by atoms with E-state index >= 15 is 0 Å². The first-order valence-electron chi connectivity index (χ1n) is 7.23. The molecule has 1 aromatic heterocycles. The number of aromatic nitrogens is 2. The van der Waals surface area contributed by atoms with Gasteiger partial charge in [-0.1, -0.05) is 29.8 Å². The molecule has 3 aromatic rings. The predicted octanol–water partition coefficient (Wildman–Crippen LogP) is 3.38. The van der Waals surface area contributed by atoms with Gasteiger partial charge in [-0.05, 0) is 37.3 Å². The van der Waals surface area contributed by atoms with E-state index in [-0.39, 0.29) is 12.5 Å². The number of para-hydroxylation sites is 2. The van der Waals surface area contributed by atoms with Crippen LogP contribution in [0.3, 0.4) is 0 Å². The molecule has 1 atom stereocenters. The largest absolute Gasteiger partial charge is 0.385 e. The monoisotopic (exact) mass is 329 g/mol. The van der Waals surface area contributed by atoms with E-state index in [2.05, 4.69) is 10.3 Å². The smallest absolute Gasteiger partial charge is 0.244 e. The fourth-order valence-electron chi connectivity index (χ4n) is 2.49. The van der Waals surface area contributed by atoms with Crippen molar-refractivity contribution in [3.05, 3.63) is 59.4 Å². The minimum Gasteiger partial charge on any atom is -0.385 e. The minimum atomic E-state index is -0.763. The second-order valence-corrected chi connectivity index (χ2v) is 5.72. The quantitative estimate of drug-likeness (QED) is 0.771. The zero-order valence-corrected chi connectivity index (χ0v) is 13.3. The van der Waals surface area contributed by atoms with Crippen LogP contribution >= 0.6 is 11.6 Å². The molecule has 0 bridgehead atoms. The van der Waals surface area contributed by atoms with Gasteiger partial charge in [0.15, 0.2) is 0 Å². The number of anilines is 1. The lowest BCUT2D eigenvalue weighted by atomic mass is 10.3. The lowest BCUT2D eigenvalue weighted by Gasteiger charge is -2.11. The molecule has 5 nitrogen and oxygen atoms in total. The lowest BCUT2D eigenvalue weighted by Crippen LogP contribution is -2.20. The van der Waals surface area contributed by atoms with Crippen molar-refractivity contribution >= 4 is 34.2 Å². The van der Waals surface area contributed by atoms with E-state index in [1.165, 1.54) is 0 Å². The Hall–Kier alpha value is -2.37. The molecule has 1 unspecified atom stereocenters. The van der Waals surface area contributed by atoms with E-state index in [9.17, 15) is 9.90 Å². The fourth-order valence-corrected chi connectivity index (χ4v) is 2.68. The molecular formula is C17H16ClN3O2. The zero-order chi connectivity index (χ0) is 16.4. The van der Waals surface area contributed by atoms with E-state index in [1.54, 1.807) is 35.8 Å². The summed E-state index contributed by atoms with van der Waals surface area (Å²) >= 11 is 5.92. The van der Waals surface area contributed by atoms with Crippen molar-refractivity contribution < 1.29 is 9.90 Å². The zero-order valence-electron chi connectivity index (χ0n) is 12.5. The highest BCUT2D eigenvalue weighted by Crippen LogP contribution is 2.21. The number of nitrogens with zero attached hydrogens (tertiary/aromatic N) is 2. The van der Waals surface area contributed by atoms with Gasteiger partial charge >= 0.3 is 0 Å². The van der Waals surface area contributed by atoms with Crippen LogP contribution in [-0.2, 0) is 11.3 Å². The molecular weight excluding hydrogens is 314 g/mol. The number of carbonyl (C=O) groups is 1. The molecule has 2 aromatic carbocycles. The number of hydrogen-bond donors (Lipinski definition) is 2. The number of aliphatic hydroxyl groups is 1. The van der Waals surface area contributed by atoms with Gasteiger partial charge < -0.3 is 15.0 Å². The minimum absolute atomic E-state index is 0.0628. The van der Waals surface area contributed by atoms with Crippen LogP contribution in [0.15, 0.2) is 48.5 Å². The molecule has 2 N–H and O–H groups in total. The third-order valence-corrected chi connectivity index (χ3v) is 3.70. The van der Waals surface area contributed by atoms with E-state index in [0.717, 1.165) is 11.0 Å². The molecule has 118 valence electrons. The van der Waals surface area contributed by atoms with E-state index in [4.69, 9.17) is 11.6 Å². The molecule has 0 saturated carbocycles. The van der Waals surface area contributed by atoms with Gasteiger partial charge in [-0.3, -0.25) is 4.79 Å². The Morgan fingerprint density at radius 3 is 2.83 bits per heavy atom. The topological polar surface area (TPSA) is 67.2 Å². The Labute approximate surface area is 138 Å². The Morgan fingerprint density at radius 1 is 1.30 bits per heavy atom. The van der Waals surface area contributed by atoms with Gasteiger partial charge in [-0.15, -0.1) is 0 Å². The maximum Gasteiger partial charge on any atom is 0.244 e. The molecule has 1 amide bonds. The summed E-state index contributed by atoms with van der Waals surface area (Å²) in [5.74, 6) is 0.254. The van der Waals surface area contributed by atoms with Crippen LogP contribution in [0.5, 0.6) is 0 Å². The molecule has 0 aliphatic rings. The van der Waals surface area contributed by atoms with Crippen LogP contribution in [0.2, 0.25) is 5.02 Å². The van der Waals surface area contributed by atoms with Gasteiger partial charge in [-0.2, -0.15) is 0 Å². The lowest BCUT2D eigenvalue weighted by molar-refractivity contribution is -0.116. The number of hydrogen-bond acceptors (Lipinski definition) is 3. The number of rotatable bonds is 4. The number of carbonyl (C=O) groups excluding carboxylic acids is 1. The molecule has 3 rings (SSSR count). The summed E-state index contributed by atoms with van der Waals surface area (Å²) in [5.41, 5.74) is 2.19. The SMILES string of the molecule is CC(O)c1nc2ccccc2n1CC(=O)Nc1cccc(Cl)c1. The average molecular weight is 330 g/mol. The van der Waals surface area contributed by atoms with Crippen molar-refractivity contribution in [3.63, 3.8) is 0 Å². The van der Waals surface area contributed by atoms with Crippen LogP contribution in [0.25, 0.3) is 11.0 Å². The highest BCUT2D eigenvalue weighted by atomic mass is 35.5. The summed E-state index contributed by atoms with van der Waals surface area (Å²) in [4.78, 5) is 16.7. The Kier molecular flexibility index (Phi) is 4.32.